The highest BCUT2D eigenvalue weighted by Crippen LogP contribution is 2.29. The summed E-state index contributed by atoms with van der Waals surface area (Å²) in [5.41, 5.74) is 0.408. The SMILES string of the molecule is COc1ccc(CN(C(=O)COC(=O)C2CCCN(C(=O)OC(C)(C)C)C2)C2CC2)cc1. The molecule has 3 rings (SSSR count). The van der Waals surface area contributed by atoms with Crippen LogP contribution in [0.25, 0.3) is 0 Å². The normalized spacial score (nSPS) is 18.6. The third kappa shape index (κ3) is 6.87. The molecule has 2 aliphatic rings. The fourth-order valence-electron chi connectivity index (χ4n) is 3.73. The number of methoxy groups -OCH3 is 1. The molecule has 1 aromatic rings. The first-order valence-corrected chi connectivity index (χ1v) is 11.2. The Labute approximate surface area is 189 Å². The van der Waals surface area contributed by atoms with Crippen LogP contribution in [0.15, 0.2) is 24.3 Å². The van der Waals surface area contributed by atoms with Gasteiger partial charge in [-0.05, 0) is 64.2 Å². The van der Waals surface area contributed by atoms with E-state index in [4.69, 9.17) is 14.2 Å². The van der Waals surface area contributed by atoms with Gasteiger partial charge in [0.2, 0.25) is 0 Å². The summed E-state index contributed by atoms with van der Waals surface area (Å²) in [7, 11) is 1.61. The molecule has 176 valence electrons. The van der Waals surface area contributed by atoms with Gasteiger partial charge in [0, 0.05) is 25.7 Å². The maximum Gasteiger partial charge on any atom is 0.410 e. The van der Waals surface area contributed by atoms with E-state index in [1.165, 1.54) is 0 Å². The van der Waals surface area contributed by atoms with Crippen molar-refractivity contribution in [3.8, 4) is 5.75 Å². The summed E-state index contributed by atoms with van der Waals surface area (Å²) in [5.74, 6) is -0.316. The van der Waals surface area contributed by atoms with E-state index in [9.17, 15) is 14.4 Å². The molecular formula is C24H34N2O6. The second-order valence-corrected chi connectivity index (χ2v) is 9.47. The highest BCUT2D eigenvalue weighted by Gasteiger charge is 2.35. The van der Waals surface area contributed by atoms with Crippen LogP contribution >= 0.6 is 0 Å². The van der Waals surface area contributed by atoms with Crippen LogP contribution < -0.4 is 4.74 Å². The molecule has 8 heteroatoms. The van der Waals surface area contributed by atoms with Crippen LogP contribution in [0.5, 0.6) is 5.75 Å². The Kier molecular flexibility index (Phi) is 7.64. The van der Waals surface area contributed by atoms with Crippen LogP contribution in [0.4, 0.5) is 4.79 Å². The number of amides is 2. The topological polar surface area (TPSA) is 85.4 Å². The third-order valence-electron chi connectivity index (χ3n) is 5.56. The number of rotatable bonds is 7. The Morgan fingerprint density at radius 2 is 1.78 bits per heavy atom. The second-order valence-electron chi connectivity index (χ2n) is 9.47. The lowest BCUT2D eigenvalue weighted by molar-refractivity contribution is -0.157. The molecule has 8 nitrogen and oxygen atoms in total. The van der Waals surface area contributed by atoms with Crippen LogP contribution in [-0.4, -0.2) is 66.2 Å². The number of hydrogen-bond acceptors (Lipinski definition) is 6. The van der Waals surface area contributed by atoms with E-state index in [0.717, 1.165) is 24.2 Å². The molecule has 1 aliphatic heterocycles. The van der Waals surface area contributed by atoms with Gasteiger partial charge in [0.1, 0.15) is 11.4 Å². The number of hydrogen-bond donors (Lipinski definition) is 0. The summed E-state index contributed by atoms with van der Waals surface area (Å²) >= 11 is 0. The largest absolute Gasteiger partial charge is 0.497 e. The Morgan fingerprint density at radius 1 is 1.09 bits per heavy atom. The Morgan fingerprint density at radius 3 is 2.38 bits per heavy atom. The number of carbonyl (C=O) groups is 3. The second kappa shape index (κ2) is 10.2. The van der Waals surface area contributed by atoms with Crippen molar-refractivity contribution in [3.05, 3.63) is 29.8 Å². The first kappa shape index (κ1) is 23.9. The molecule has 1 saturated carbocycles. The monoisotopic (exact) mass is 446 g/mol. The van der Waals surface area contributed by atoms with Crippen molar-refractivity contribution < 1.29 is 28.6 Å². The standard InChI is InChI=1S/C24H34N2O6/c1-24(2,3)32-23(29)25-13-5-6-18(15-25)22(28)31-16-21(27)26(19-9-10-19)14-17-7-11-20(30-4)12-8-17/h7-8,11-12,18-19H,5-6,9-10,13-16H2,1-4H3. The van der Waals surface area contributed by atoms with E-state index in [1.807, 2.05) is 45.0 Å². The molecular weight excluding hydrogens is 412 g/mol. The summed E-state index contributed by atoms with van der Waals surface area (Å²) in [6.07, 6.45) is 2.82. The molecule has 0 N–H and O–H groups in total. The van der Waals surface area contributed by atoms with Gasteiger partial charge in [-0.25, -0.2) is 4.79 Å². The van der Waals surface area contributed by atoms with Gasteiger partial charge in [0.05, 0.1) is 13.0 Å². The smallest absolute Gasteiger partial charge is 0.410 e. The Hall–Kier alpha value is -2.77. The molecule has 1 aliphatic carbocycles. The number of benzene rings is 1. The summed E-state index contributed by atoms with van der Waals surface area (Å²) in [5, 5.41) is 0. The highest BCUT2D eigenvalue weighted by atomic mass is 16.6. The Bertz CT molecular complexity index is 813. The molecule has 0 spiro atoms. The predicted octanol–water partition coefficient (Wildman–Crippen LogP) is 3.38. The van der Waals surface area contributed by atoms with E-state index in [2.05, 4.69) is 0 Å². The zero-order valence-electron chi connectivity index (χ0n) is 19.5. The molecule has 2 amide bonds. The van der Waals surface area contributed by atoms with Crippen LogP contribution in [-0.2, 0) is 25.6 Å². The average molecular weight is 447 g/mol. The lowest BCUT2D eigenvalue weighted by Crippen LogP contribution is -2.45. The lowest BCUT2D eigenvalue weighted by Gasteiger charge is -2.33. The number of likely N-dealkylation sites (tertiary alicyclic amines) is 1. The minimum atomic E-state index is -0.590. The molecule has 0 aromatic heterocycles. The van der Waals surface area contributed by atoms with Crippen molar-refractivity contribution in [3.63, 3.8) is 0 Å². The van der Waals surface area contributed by atoms with Crippen molar-refractivity contribution in [2.75, 3.05) is 26.8 Å². The van der Waals surface area contributed by atoms with Gasteiger partial charge in [-0.15, -0.1) is 0 Å². The van der Waals surface area contributed by atoms with Crippen LogP contribution in [0.1, 0.15) is 52.0 Å². The fraction of sp³-hybridized carbons (Fsp3) is 0.625. The number of ether oxygens (including phenoxy) is 3. The van der Waals surface area contributed by atoms with Gasteiger partial charge in [0.15, 0.2) is 6.61 Å². The van der Waals surface area contributed by atoms with Crippen molar-refractivity contribution in [2.24, 2.45) is 5.92 Å². The van der Waals surface area contributed by atoms with Gasteiger partial charge < -0.3 is 24.0 Å². The Balaban J connectivity index is 1.51. The number of esters is 1. The maximum atomic E-state index is 12.8. The van der Waals surface area contributed by atoms with E-state index in [0.29, 0.717) is 25.9 Å². The van der Waals surface area contributed by atoms with Crippen LogP contribution in [0.2, 0.25) is 0 Å². The maximum absolute atomic E-state index is 12.8. The molecule has 1 atom stereocenters. The molecule has 2 fully saturated rings. The molecule has 1 aromatic carbocycles. The van der Waals surface area contributed by atoms with Crippen molar-refractivity contribution in [1.29, 1.82) is 0 Å². The van der Waals surface area contributed by atoms with Crippen LogP contribution in [0, 0.1) is 5.92 Å². The summed E-state index contributed by atoms with van der Waals surface area (Å²) in [6, 6.07) is 7.79. The quantitative estimate of drug-likeness (QED) is 0.597. The summed E-state index contributed by atoms with van der Waals surface area (Å²) in [6.45, 7) is 6.42. The van der Waals surface area contributed by atoms with Gasteiger partial charge in [-0.1, -0.05) is 12.1 Å². The number of nitrogens with zero attached hydrogens (tertiary/aromatic N) is 2. The number of piperidine rings is 1. The summed E-state index contributed by atoms with van der Waals surface area (Å²) < 4.78 is 16.0. The molecule has 1 heterocycles. The van der Waals surface area contributed by atoms with Gasteiger partial charge in [0.25, 0.3) is 5.91 Å². The van der Waals surface area contributed by atoms with Crippen molar-refractivity contribution in [2.45, 2.75) is 64.6 Å². The zero-order valence-corrected chi connectivity index (χ0v) is 19.5. The van der Waals surface area contributed by atoms with Gasteiger partial charge in [-0.3, -0.25) is 9.59 Å². The molecule has 0 bridgehead atoms. The molecule has 1 unspecified atom stereocenters. The van der Waals surface area contributed by atoms with E-state index in [-0.39, 0.29) is 25.1 Å². The minimum absolute atomic E-state index is 0.195. The summed E-state index contributed by atoms with van der Waals surface area (Å²) in [4.78, 5) is 41.1. The van der Waals surface area contributed by atoms with Crippen LogP contribution in [0.3, 0.4) is 0 Å². The average Bonchev–Trinajstić information content (AvgIpc) is 3.60. The first-order chi connectivity index (χ1) is 15.2. The molecule has 32 heavy (non-hydrogen) atoms. The molecule has 1 saturated heterocycles. The van der Waals surface area contributed by atoms with E-state index >= 15 is 0 Å². The first-order valence-electron chi connectivity index (χ1n) is 11.2. The molecule has 0 radical (unpaired) electrons. The highest BCUT2D eigenvalue weighted by molar-refractivity contribution is 5.82. The predicted molar refractivity (Wildman–Crippen MR) is 118 cm³/mol. The van der Waals surface area contributed by atoms with E-state index < -0.39 is 23.6 Å². The van der Waals surface area contributed by atoms with Gasteiger partial charge in [-0.2, -0.15) is 0 Å². The minimum Gasteiger partial charge on any atom is -0.497 e. The van der Waals surface area contributed by atoms with E-state index in [1.54, 1.807) is 16.9 Å². The van der Waals surface area contributed by atoms with Crippen molar-refractivity contribution >= 4 is 18.0 Å². The lowest BCUT2D eigenvalue weighted by atomic mass is 9.98. The number of carbonyl (C=O) groups excluding carboxylic acids is 3. The zero-order chi connectivity index (χ0) is 23.3. The van der Waals surface area contributed by atoms with Crippen molar-refractivity contribution in [1.82, 2.24) is 9.80 Å². The third-order valence-corrected chi connectivity index (χ3v) is 5.56. The fourth-order valence-corrected chi connectivity index (χ4v) is 3.73. The van der Waals surface area contributed by atoms with Gasteiger partial charge >= 0.3 is 12.1 Å².